The van der Waals surface area contributed by atoms with Gasteiger partial charge in [-0.1, -0.05) is 0 Å². The highest BCUT2D eigenvalue weighted by atomic mass is 16.4. The second kappa shape index (κ2) is 8.16. The number of carbonyl (C=O) groups is 2. The predicted octanol–water partition coefficient (Wildman–Crippen LogP) is -1.70. The molecule has 0 aliphatic carbocycles. The third kappa shape index (κ3) is 5.49. The predicted molar refractivity (Wildman–Crippen MR) is 78.4 cm³/mol. The lowest BCUT2D eigenvalue weighted by molar-refractivity contribution is -0.138. The van der Waals surface area contributed by atoms with E-state index in [1.54, 1.807) is 4.90 Å². The zero-order valence-corrected chi connectivity index (χ0v) is 12.4. The van der Waals surface area contributed by atoms with Crippen LogP contribution >= 0.6 is 0 Å². The first-order valence-corrected chi connectivity index (χ1v) is 7.55. The lowest BCUT2D eigenvalue weighted by Gasteiger charge is -2.34. The summed E-state index contributed by atoms with van der Waals surface area (Å²) in [6, 6.07) is -0.0416. The molecule has 0 unspecified atom stereocenters. The first kappa shape index (κ1) is 16.0. The third-order valence-corrected chi connectivity index (χ3v) is 3.93. The Morgan fingerprint density at radius 1 is 1.00 bits per heavy atom. The summed E-state index contributed by atoms with van der Waals surface area (Å²) in [5.74, 6) is -0.816. The van der Waals surface area contributed by atoms with Crippen molar-refractivity contribution in [3.8, 4) is 0 Å². The van der Waals surface area contributed by atoms with E-state index in [1.807, 2.05) is 4.90 Å². The van der Waals surface area contributed by atoms with Crippen LogP contribution in [-0.2, 0) is 4.79 Å². The molecular formula is C13H25N5O3. The van der Waals surface area contributed by atoms with Crippen LogP contribution in [0.1, 0.15) is 0 Å². The van der Waals surface area contributed by atoms with Crippen molar-refractivity contribution in [2.24, 2.45) is 0 Å². The standard InChI is InChI=1S/C13H25N5O3/c19-12(20)11-17-7-9-18(10-8-17)13(21)15-3-6-16-4-1-14-2-5-16/h14H,1-11H2,(H,15,21)(H,19,20). The number of piperazine rings is 2. The van der Waals surface area contributed by atoms with Crippen molar-refractivity contribution >= 4 is 12.0 Å². The van der Waals surface area contributed by atoms with Crippen LogP contribution in [0.3, 0.4) is 0 Å². The molecule has 21 heavy (non-hydrogen) atoms. The van der Waals surface area contributed by atoms with Crippen molar-refractivity contribution in [1.29, 1.82) is 0 Å². The first-order chi connectivity index (χ1) is 10.1. The van der Waals surface area contributed by atoms with Crippen molar-refractivity contribution in [3.63, 3.8) is 0 Å². The largest absolute Gasteiger partial charge is 0.480 e. The molecule has 0 aromatic carbocycles. The van der Waals surface area contributed by atoms with E-state index in [2.05, 4.69) is 15.5 Å². The Hall–Kier alpha value is -1.38. The van der Waals surface area contributed by atoms with Gasteiger partial charge in [-0.15, -0.1) is 0 Å². The van der Waals surface area contributed by atoms with Gasteiger partial charge in [0, 0.05) is 65.4 Å². The fourth-order valence-corrected chi connectivity index (χ4v) is 2.67. The van der Waals surface area contributed by atoms with Gasteiger partial charge in [0.1, 0.15) is 0 Å². The molecular weight excluding hydrogens is 274 g/mol. The van der Waals surface area contributed by atoms with E-state index < -0.39 is 5.97 Å². The van der Waals surface area contributed by atoms with Gasteiger partial charge in [-0.05, 0) is 0 Å². The molecule has 2 rings (SSSR count). The monoisotopic (exact) mass is 299 g/mol. The number of carboxylic acids is 1. The summed E-state index contributed by atoms with van der Waals surface area (Å²) in [6.45, 7) is 8.11. The molecule has 0 aromatic rings. The highest BCUT2D eigenvalue weighted by molar-refractivity contribution is 5.74. The molecule has 120 valence electrons. The van der Waals surface area contributed by atoms with Gasteiger partial charge in [0.05, 0.1) is 6.54 Å². The molecule has 0 saturated carbocycles. The van der Waals surface area contributed by atoms with Gasteiger partial charge in [-0.3, -0.25) is 14.6 Å². The number of hydrogen-bond donors (Lipinski definition) is 3. The number of hydrogen-bond acceptors (Lipinski definition) is 5. The summed E-state index contributed by atoms with van der Waals surface area (Å²) < 4.78 is 0. The Bertz CT molecular complexity index is 352. The van der Waals surface area contributed by atoms with Gasteiger partial charge >= 0.3 is 12.0 Å². The van der Waals surface area contributed by atoms with Crippen LogP contribution in [0.4, 0.5) is 4.79 Å². The average Bonchev–Trinajstić information content (AvgIpc) is 2.48. The van der Waals surface area contributed by atoms with Crippen LogP contribution in [0.5, 0.6) is 0 Å². The van der Waals surface area contributed by atoms with Crippen LogP contribution < -0.4 is 10.6 Å². The van der Waals surface area contributed by atoms with Crippen LogP contribution in [-0.4, -0.2) is 104 Å². The van der Waals surface area contributed by atoms with E-state index in [1.165, 1.54) is 0 Å². The molecule has 2 amide bonds. The number of carbonyl (C=O) groups excluding carboxylic acids is 1. The molecule has 0 bridgehead atoms. The van der Waals surface area contributed by atoms with E-state index >= 15 is 0 Å². The minimum Gasteiger partial charge on any atom is -0.480 e. The Labute approximate surface area is 125 Å². The second-order valence-corrected chi connectivity index (χ2v) is 5.48. The molecule has 2 saturated heterocycles. The maximum atomic E-state index is 12.0. The number of nitrogens with zero attached hydrogens (tertiary/aromatic N) is 3. The summed E-state index contributed by atoms with van der Waals surface area (Å²) in [5, 5.41) is 15.0. The normalized spacial score (nSPS) is 21.2. The van der Waals surface area contributed by atoms with Crippen molar-refractivity contribution in [2.75, 3.05) is 72.0 Å². The Morgan fingerprint density at radius 2 is 1.67 bits per heavy atom. The highest BCUT2D eigenvalue weighted by Crippen LogP contribution is 2.01. The molecule has 3 N–H and O–H groups in total. The number of carboxylic acid groups (broad SMARTS) is 1. The maximum absolute atomic E-state index is 12.0. The number of nitrogens with one attached hydrogen (secondary N) is 2. The van der Waals surface area contributed by atoms with Gasteiger partial charge in [-0.2, -0.15) is 0 Å². The van der Waals surface area contributed by atoms with Crippen molar-refractivity contribution in [1.82, 2.24) is 25.3 Å². The minimum absolute atomic E-state index is 0.0416. The molecule has 2 aliphatic heterocycles. The van der Waals surface area contributed by atoms with Gasteiger partial charge < -0.3 is 20.6 Å². The van der Waals surface area contributed by atoms with Crippen LogP contribution in [0.2, 0.25) is 0 Å². The summed E-state index contributed by atoms with van der Waals surface area (Å²) in [4.78, 5) is 28.6. The first-order valence-electron chi connectivity index (χ1n) is 7.55. The number of aliphatic carboxylic acids is 1. The molecule has 8 heteroatoms. The second-order valence-electron chi connectivity index (χ2n) is 5.48. The van der Waals surface area contributed by atoms with Crippen LogP contribution in [0, 0.1) is 0 Å². The fourth-order valence-electron chi connectivity index (χ4n) is 2.67. The Balaban J connectivity index is 1.59. The molecule has 0 aromatic heterocycles. The van der Waals surface area contributed by atoms with Gasteiger partial charge in [-0.25, -0.2) is 4.79 Å². The van der Waals surface area contributed by atoms with Crippen molar-refractivity contribution in [2.45, 2.75) is 0 Å². The van der Waals surface area contributed by atoms with Crippen molar-refractivity contribution in [3.05, 3.63) is 0 Å². The average molecular weight is 299 g/mol. The highest BCUT2D eigenvalue weighted by Gasteiger charge is 2.22. The minimum atomic E-state index is -0.816. The zero-order valence-electron chi connectivity index (χ0n) is 12.4. The molecule has 8 nitrogen and oxygen atoms in total. The van der Waals surface area contributed by atoms with Crippen LogP contribution in [0.15, 0.2) is 0 Å². The van der Waals surface area contributed by atoms with Gasteiger partial charge in [0.25, 0.3) is 0 Å². The summed E-state index contributed by atoms with van der Waals surface area (Å²) in [6.07, 6.45) is 0. The molecule has 2 heterocycles. The quantitative estimate of drug-likeness (QED) is 0.561. The molecule has 0 radical (unpaired) electrons. The van der Waals surface area contributed by atoms with E-state index in [0.29, 0.717) is 32.7 Å². The topological polar surface area (TPSA) is 88.1 Å². The SMILES string of the molecule is O=C(O)CN1CCN(C(=O)NCCN2CCNCC2)CC1. The lowest BCUT2D eigenvalue weighted by atomic mass is 10.3. The number of amides is 2. The summed E-state index contributed by atoms with van der Waals surface area (Å²) in [5.41, 5.74) is 0. The smallest absolute Gasteiger partial charge is 0.317 e. The molecule has 2 aliphatic rings. The zero-order chi connectivity index (χ0) is 15.1. The number of urea groups is 1. The maximum Gasteiger partial charge on any atom is 0.317 e. The molecule has 0 spiro atoms. The molecule has 0 atom stereocenters. The van der Waals surface area contributed by atoms with E-state index in [4.69, 9.17) is 5.11 Å². The van der Waals surface area contributed by atoms with Gasteiger partial charge in [0.2, 0.25) is 0 Å². The Kier molecular flexibility index (Phi) is 6.21. The van der Waals surface area contributed by atoms with E-state index in [0.717, 1.165) is 32.7 Å². The van der Waals surface area contributed by atoms with E-state index in [9.17, 15) is 9.59 Å². The third-order valence-electron chi connectivity index (χ3n) is 3.93. The van der Waals surface area contributed by atoms with E-state index in [-0.39, 0.29) is 12.6 Å². The van der Waals surface area contributed by atoms with Crippen molar-refractivity contribution < 1.29 is 14.7 Å². The summed E-state index contributed by atoms with van der Waals surface area (Å²) >= 11 is 0. The fraction of sp³-hybridized carbons (Fsp3) is 0.846. The Morgan fingerprint density at radius 3 is 2.29 bits per heavy atom. The van der Waals surface area contributed by atoms with Crippen LogP contribution in [0.25, 0.3) is 0 Å². The van der Waals surface area contributed by atoms with Gasteiger partial charge in [0.15, 0.2) is 0 Å². The number of rotatable bonds is 5. The molecule has 2 fully saturated rings. The summed E-state index contributed by atoms with van der Waals surface area (Å²) in [7, 11) is 0. The lowest BCUT2D eigenvalue weighted by Crippen LogP contribution is -2.53.